The number of methoxy groups -OCH3 is 1. The van der Waals surface area contributed by atoms with E-state index >= 15 is 0 Å². The lowest BCUT2D eigenvalue weighted by Crippen LogP contribution is -2.25. The number of hydrazone groups is 1. The number of hydrogen-bond acceptors (Lipinski definition) is 6. The number of ether oxygens (including phenoxy) is 2. The van der Waals surface area contributed by atoms with Crippen molar-refractivity contribution in [3.63, 3.8) is 0 Å². The Morgan fingerprint density at radius 2 is 2.20 bits per heavy atom. The van der Waals surface area contributed by atoms with Crippen molar-refractivity contribution in [3.8, 4) is 5.75 Å². The van der Waals surface area contributed by atoms with Crippen molar-refractivity contribution >= 4 is 50.5 Å². The predicted octanol–water partition coefficient (Wildman–Crippen LogP) is 4.98. The molecule has 1 aromatic carbocycles. The number of amides is 2. The van der Waals surface area contributed by atoms with Gasteiger partial charge >= 0.3 is 12.0 Å². The van der Waals surface area contributed by atoms with Crippen LogP contribution in [0.4, 0.5) is 9.80 Å². The molecule has 2 N–H and O–H groups in total. The molecule has 0 saturated carbocycles. The topological polar surface area (TPSA) is 89.0 Å². The van der Waals surface area contributed by atoms with E-state index in [2.05, 4.69) is 38.7 Å². The van der Waals surface area contributed by atoms with Crippen LogP contribution >= 0.6 is 27.3 Å². The molecule has 0 aliphatic heterocycles. The number of hydrogen-bond donors (Lipinski definition) is 2. The van der Waals surface area contributed by atoms with Crippen LogP contribution in [-0.2, 0) is 17.6 Å². The number of carbonyl (C=O) groups is 2. The van der Waals surface area contributed by atoms with Gasteiger partial charge in [-0.3, -0.25) is 5.32 Å². The number of rotatable bonds is 6. The number of urea groups is 1. The first kappa shape index (κ1) is 22.3. The van der Waals surface area contributed by atoms with Gasteiger partial charge in [0.2, 0.25) is 0 Å². The zero-order valence-corrected chi connectivity index (χ0v) is 19.5. The number of thiophene rings is 1. The largest absolute Gasteiger partial charge is 0.496 e. The fraction of sp³-hybridized carbons (Fsp3) is 0.381. The normalized spacial score (nSPS) is 15.5. The number of anilines is 1. The van der Waals surface area contributed by atoms with Crippen molar-refractivity contribution in [1.82, 2.24) is 5.43 Å². The van der Waals surface area contributed by atoms with E-state index in [0.29, 0.717) is 22.2 Å². The van der Waals surface area contributed by atoms with Gasteiger partial charge in [-0.25, -0.2) is 15.0 Å². The molecule has 1 unspecified atom stereocenters. The standard InChI is InChI=1S/C21H24BrN3O4S/c1-4-29-20(26)18-14-7-5-12(2)9-17(14)30-19(18)24-21(27)25-23-11-13-6-8-16(28-3)15(22)10-13/h6,8,10-12H,4-5,7,9H2,1-3H3,(H2,24,25,27)/b23-11+. The van der Waals surface area contributed by atoms with Crippen molar-refractivity contribution in [2.75, 3.05) is 19.0 Å². The van der Waals surface area contributed by atoms with E-state index in [9.17, 15) is 9.59 Å². The highest BCUT2D eigenvalue weighted by Gasteiger charge is 2.29. The fourth-order valence-corrected chi connectivity index (χ4v) is 5.27. The van der Waals surface area contributed by atoms with Crippen molar-refractivity contribution < 1.29 is 19.1 Å². The number of carbonyl (C=O) groups excluding carboxylic acids is 2. The molecule has 1 aliphatic carbocycles. The first-order chi connectivity index (χ1) is 14.4. The zero-order valence-electron chi connectivity index (χ0n) is 17.1. The fourth-order valence-electron chi connectivity index (χ4n) is 3.32. The molecule has 0 spiro atoms. The molecule has 0 fully saturated rings. The molecule has 2 aromatic rings. The van der Waals surface area contributed by atoms with E-state index in [-0.39, 0.29) is 6.61 Å². The van der Waals surface area contributed by atoms with Crippen LogP contribution in [0, 0.1) is 5.92 Å². The van der Waals surface area contributed by atoms with Gasteiger partial charge in [0.15, 0.2) is 0 Å². The Hall–Kier alpha value is -2.39. The van der Waals surface area contributed by atoms with Gasteiger partial charge in [-0.2, -0.15) is 5.10 Å². The summed E-state index contributed by atoms with van der Waals surface area (Å²) >= 11 is 4.85. The summed E-state index contributed by atoms with van der Waals surface area (Å²) in [6, 6.07) is 4.93. The van der Waals surface area contributed by atoms with Crippen LogP contribution in [0.3, 0.4) is 0 Å². The summed E-state index contributed by atoms with van der Waals surface area (Å²) in [5, 5.41) is 7.25. The second-order valence-electron chi connectivity index (χ2n) is 6.99. The minimum absolute atomic E-state index is 0.285. The van der Waals surface area contributed by atoms with Gasteiger partial charge in [-0.15, -0.1) is 11.3 Å². The Morgan fingerprint density at radius 3 is 2.90 bits per heavy atom. The molecular weight excluding hydrogens is 470 g/mol. The third-order valence-electron chi connectivity index (χ3n) is 4.77. The maximum absolute atomic E-state index is 12.5. The summed E-state index contributed by atoms with van der Waals surface area (Å²) in [5.74, 6) is 0.869. The molecular formula is C21H24BrN3O4S. The number of fused-ring (bicyclic) bond motifs is 1. The second-order valence-corrected chi connectivity index (χ2v) is 8.95. The lowest BCUT2D eigenvalue weighted by molar-refractivity contribution is 0.0526. The van der Waals surface area contributed by atoms with Crippen molar-refractivity contribution in [1.29, 1.82) is 0 Å². The highest BCUT2D eigenvalue weighted by atomic mass is 79.9. The molecule has 1 heterocycles. The molecule has 30 heavy (non-hydrogen) atoms. The number of halogens is 1. The highest BCUT2D eigenvalue weighted by Crippen LogP contribution is 2.40. The van der Waals surface area contributed by atoms with Crippen molar-refractivity contribution in [2.45, 2.75) is 33.1 Å². The molecule has 1 aromatic heterocycles. The quantitative estimate of drug-likeness (QED) is 0.337. The highest BCUT2D eigenvalue weighted by molar-refractivity contribution is 9.10. The Bertz CT molecular complexity index is 973. The molecule has 3 rings (SSSR count). The molecule has 0 radical (unpaired) electrons. The molecule has 9 heteroatoms. The van der Waals surface area contributed by atoms with E-state index < -0.39 is 12.0 Å². The van der Waals surface area contributed by atoms with E-state index in [4.69, 9.17) is 9.47 Å². The summed E-state index contributed by atoms with van der Waals surface area (Å²) in [4.78, 5) is 26.0. The SMILES string of the molecule is CCOC(=O)c1c(NC(=O)N/N=C/c2ccc(OC)c(Br)c2)sc2c1CCC(C)C2. The van der Waals surface area contributed by atoms with Crippen LogP contribution in [0.1, 0.15) is 46.6 Å². The van der Waals surface area contributed by atoms with E-state index in [0.717, 1.165) is 39.7 Å². The summed E-state index contributed by atoms with van der Waals surface area (Å²) < 4.78 is 11.2. The number of nitrogens with zero attached hydrogens (tertiary/aromatic N) is 1. The minimum Gasteiger partial charge on any atom is -0.496 e. The molecule has 160 valence electrons. The molecule has 7 nitrogen and oxygen atoms in total. The summed E-state index contributed by atoms with van der Waals surface area (Å²) in [6.07, 6.45) is 4.26. The molecule has 1 atom stereocenters. The van der Waals surface area contributed by atoms with Gasteiger partial charge in [0, 0.05) is 4.88 Å². The van der Waals surface area contributed by atoms with Crippen LogP contribution in [0.5, 0.6) is 5.75 Å². The second kappa shape index (κ2) is 10.1. The summed E-state index contributed by atoms with van der Waals surface area (Å²) in [7, 11) is 1.59. The Labute approximate surface area is 188 Å². The molecule has 2 amide bonds. The first-order valence-corrected chi connectivity index (χ1v) is 11.3. The molecule has 0 saturated heterocycles. The van der Waals surface area contributed by atoms with Crippen molar-refractivity contribution in [3.05, 3.63) is 44.2 Å². The lowest BCUT2D eigenvalue weighted by atomic mass is 9.88. The maximum Gasteiger partial charge on any atom is 0.341 e. The minimum atomic E-state index is -0.518. The number of nitrogens with one attached hydrogen (secondary N) is 2. The van der Waals surface area contributed by atoms with Gasteiger partial charge < -0.3 is 9.47 Å². The monoisotopic (exact) mass is 493 g/mol. The summed E-state index contributed by atoms with van der Waals surface area (Å²) in [6.45, 7) is 4.25. The van der Waals surface area contributed by atoms with Gasteiger partial charge in [0.05, 0.1) is 30.0 Å². The molecule has 1 aliphatic rings. The Balaban J connectivity index is 1.71. The third-order valence-corrected chi connectivity index (χ3v) is 6.56. The van der Waals surface area contributed by atoms with Crippen LogP contribution in [0.2, 0.25) is 0 Å². The van der Waals surface area contributed by atoms with Crippen LogP contribution in [0.25, 0.3) is 0 Å². The van der Waals surface area contributed by atoms with Gasteiger partial charge in [-0.1, -0.05) is 6.92 Å². The van der Waals surface area contributed by atoms with E-state index in [1.165, 1.54) is 17.6 Å². The first-order valence-electron chi connectivity index (χ1n) is 9.68. The summed E-state index contributed by atoms with van der Waals surface area (Å²) in [5.41, 5.74) is 4.70. The Kier molecular flexibility index (Phi) is 7.49. The van der Waals surface area contributed by atoms with Crippen LogP contribution in [0.15, 0.2) is 27.8 Å². The van der Waals surface area contributed by atoms with Crippen LogP contribution < -0.4 is 15.5 Å². The van der Waals surface area contributed by atoms with E-state index in [1.54, 1.807) is 20.1 Å². The Morgan fingerprint density at radius 1 is 1.40 bits per heavy atom. The maximum atomic E-state index is 12.5. The van der Waals surface area contributed by atoms with Gasteiger partial charge in [0.25, 0.3) is 0 Å². The molecule has 0 bridgehead atoms. The van der Waals surface area contributed by atoms with E-state index in [1.807, 2.05) is 12.1 Å². The lowest BCUT2D eigenvalue weighted by Gasteiger charge is -2.18. The average Bonchev–Trinajstić information content (AvgIpc) is 3.05. The van der Waals surface area contributed by atoms with Crippen molar-refractivity contribution in [2.24, 2.45) is 11.0 Å². The zero-order chi connectivity index (χ0) is 21.7. The number of benzene rings is 1. The number of esters is 1. The average molecular weight is 494 g/mol. The smallest absolute Gasteiger partial charge is 0.341 e. The van der Waals surface area contributed by atoms with Crippen LogP contribution in [-0.4, -0.2) is 31.9 Å². The van der Waals surface area contributed by atoms with Gasteiger partial charge in [-0.05, 0) is 77.4 Å². The predicted molar refractivity (Wildman–Crippen MR) is 122 cm³/mol. The van der Waals surface area contributed by atoms with Gasteiger partial charge in [0.1, 0.15) is 10.8 Å². The third kappa shape index (κ3) is 5.20.